The molecule has 0 saturated carbocycles. The van der Waals surface area contributed by atoms with Gasteiger partial charge in [-0.2, -0.15) is 0 Å². The van der Waals surface area contributed by atoms with Crippen molar-refractivity contribution >= 4 is 39.4 Å². The van der Waals surface area contributed by atoms with E-state index in [2.05, 4.69) is 25.1 Å². The van der Waals surface area contributed by atoms with Crippen molar-refractivity contribution in [1.82, 2.24) is 14.9 Å². The number of nitrogens with zero attached hydrogens (tertiary/aromatic N) is 4. The predicted octanol–water partition coefficient (Wildman–Crippen LogP) is 2.70. The minimum Gasteiger partial charge on any atom is -0.346 e. The van der Waals surface area contributed by atoms with E-state index < -0.39 is 0 Å². The summed E-state index contributed by atoms with van der Waals surface area (Å²) in [6.07, 6.45) is 2.90. The number of rotatable bonds is 5. The van der Waals surface area contributed by atoms with E-state index in [1.54, 1.807) is 22.7 Å². The minimum absolute atomic E-state index is 0.517. The van der Waals surface area contributed by atoms with Crippen LogP contribution in [-0.4, -0.2) is 47.6 Å². The minimum atomic E-state index is 0.517. The lowest BCUT2D eigenvalue weighted by Crippen LogP contribution is -2.46. The van der Waals surface area contributed by atoms with Crippen LogP contribution in [0.1, 0.15) is 10.7 Å². The Morgan fingerprint density at radius 2 is 2.05 bits per heavy atom. The van der Waals surface area contributed by atoms with Gasteiger partial charge >= 0.3 is 0 Å². The third kappa shape index (κ3) is 3.49. The molecule has 1 aliphatic rings. The maximum atomic E-state index is 5.78. The summed E-state index contributed by atoms with van der Waals surface area (Å²) in [5.41, 5.74) is 1.00. The number of alkyl halides is 1. The van der Waals surface area contributed by atoms with Crippen LogP contribution in [0.25, 0.3) is 0 Å². The monoisotopic (exact) mass is 328 g/mol. The van der Waals surface area contributed by atoms with Crippen molar-refractivity contribution in [3.05, 3.63) is 27.7 Å². The maximum Gasteiger partial charge on any atom is 0.185 e. The summed E-state index contributed by atoms with van der Waals surface area (Å²) in [6, 6.07) is 0. The molecule has 108 valence electrons. The highest BCUT2D eigenvalue weighted by atomic mass is 35.5. The molecule has 1 saturated heterocycles. The highest BCUT2D eigenvalue weighted by molar-refractivity contribution is 7.13. The molecule has 0 amide bonds. The zero-order chi connectivity index (χ0) is 13.8. The van der Waals surface area contributed by atoms with Gasteiger partial charge in [0.25, 0.3) is 0 Å². The van der Waals surface area contributed by atoms with Crippen LogP contribution in [-0.2, 0) is 12.3 Å². The van der Waals surface area contributed by atoms with Crippen molar-refractivity contribution in [3.8, 4) is 0 Å². The summed E-state index contributed by atoms with van der Waals surface area (Å²) >= 11 is 9.22. The second kappa shape index (κ2) is 6.85. The fraction of sp³-hybridized carbons (Fsp3) is 0.538. The van der Waals surface area contributed by atoms with Gasteiger partial charge in [0.15, 0.2) is 5.13 Å². The molecule has 0 bridgehead atoms. The number of aromatic nitrogens is 2. The first kappa shape index (κ1) is 14.3. The number of anilines is 1. The Hall–Kier alpha value is -0.690. The van der Waals surface area contributed by atoms with E-state index in [1.807, 2.05) is 11.6 Å². The van der Waals surface area contributed by atoms with Gasteiger partial charge in [0.05, 0.1) is 16.6 Å². The van der Waals surface area contributed by atoms with Gasteiger partial charge in [-0.1, -0.05) is 0 Å². The van der Waals surface area contributed by atoms with Gasteiger partial charge in [-0.15, -0.1) is 34.3 Å². The molecule has 2 aromatic heterocycles. The molecule has 3 rings (SSSR count). The summed E-state index contributed by atoms with van der Waals surface area (Å²) in [4.78, 5) is 13.8. The molecule has 1 fully saturated rings. The Kier molecular flexibility index (Phi) is 4.88. The Balaban J connectivity index is 1.44. The summed E-state index contributed by atoms with van der Waals surface area (Å²) in [6.45, 7) is 5.43. The maximum absolute atomic E-state index is 5.78. The average Bonchev–Trinajstić information content (AvgIpc) is 3.17. The van der Waals surface area contributed by atoms with E-state index in [-0.39, 0.29) is 0 Å². The highest BCUT2D eigenvalue weighted by Crippen LogP contribution is 2.19. The molecule has 1 aliphatic heterocycles. The van der Waals surface area contributed by atoms with E-state index in [0.29, 0.717) is 5.88 Å². The van der Waals surface area contributed by atoms with Crippen molar-refractivity contribution in [3.63, 3.8) is 0 Å². The zero-order valence-electron chi connectivity index (χ0n) is 11.2. The molecular formula is C13H17ClN4S2. The smallest absolute Gasteiger partial charge is 0.185 e. The molecular weight excluding hydrogens is 312 g/mol. The van der Waals surface area contributed by atoms with Gasteiger partial charge < -0.3 is 4.90 Å². The van der Waals surface area contributed by atoms with Crippen molar-refractivity contribution in [1.29, 1.82) is 0 Å². The van der Waals surface area contributed by atoms with Crippen LogP contribution in [0.15, 0.2) is 17.0 Å². The Bertz CT molecular complexity index is 520. The fourth-order valence-corrected chi connectivity index (χ4v) is 4.03. The molecule has 0 aliphatic carbocycles. The quantitative estimate of drug-likeness (QED) is 0.790. The molecule has 4 nitrogen and oxygen atoms in total. The zero-order valence-corrected chi connectivity index (χ0v) is 13.6. The molecule has 0 unspecified atom stereocenters. The molecule has 2 aromatic rings. The van der Waals surface area contributed by atoms with Crippen LogP contribution in [0.2, 0.25) is 0 Å². The second-order valence-corrected chi connectivity index (χ2v) is 6.84. The normalized spacial score (nSPS) is 16.8. The van der Waals surface area contributed by atoms with Crippen molar-refractivity contribution in [2.24, 2.45) is 0 Å². The Morgan fingerprint density at radius 3 is 2.70 bits per heavy atom. The molecule has 0 spiro atoms. The third-order valence-corrected chi connectivity index (χ3v) is 5.50. The summed E-state index contributed by atoms with van der Waals surface area (Å²) in [5, 5.41) is 6.45. The summed E-state index contributed by atoms with van der Waals surface area (Å²) < 4.78 is 0. The van der Waals surface area contributed by atoms with Gasteiger partial charge in [0.1, 0.15) is 0 Å². The van der Waals surface area contributed by atoms with E-state index in [1.165, 1.54) is 5.01 Å². The van der Waals surface area contributed by atoms with E-state index in [4.69, 9.17) is 11.6 Å². The summed E-state index contributed by atoms with van der Waals surface area (Å²) in [5.74, 6) is 0.517. The number of thiazole rings is 2. The van der Waals surface area contributed by atoms with Crippen molar-refractivity contribution < 1.29 is 0 Å². The Labute approximate surface area is 132 Å². The van der Waals surface area contributed by atoms with Crippen LogP contribution in [0.4, 0.5) is 5.13 Å². The lowest BCUT2D eigenvalue weighted by molar-refractivity contribution is 0.261. The SMILES string of the molecule is ClCc1csc(CCN2CCN(c3nccs3)CC2)n1. The number of halogens is 1. The molecule has 7 heteroatoms. The van der Waals surface area contributed by atoms with Crippen LogP contribution >= 0.6 is 34.3 Å². The number of hydrogen-bond donors (Lipinski definition) is 0. The second-order valence-electron chi connectivity index (χ2n) is 4.76. The van der Waals surface area contributed by atoms with Gasteiger partial charge in [0.2, 0.25) is 0 Å². The topological polar surface area (TPSA) is 32.3 Å². The first-order valence-corrected chi connectivity index (χ1v) is 9.00. The average molecular weight is 329 g/mol. The molecule has 0 atom stereocenters. The Morgan fingerprint density at radius 1 is 1.20 bits per heavy atom. The lowest BCUT2D eigenvalue weighted by atomic mass is 10.3. The number of piperazine rings is 1. The molecule has 20 heavy (non-hydrogen) atoms. The summed E-state index contributed by atoms with van der Waals surface area (Å²) in [7, 11) is 0. The van der Waals surface area contributed by atoms with Crippen LogP contribution in [0.3, 0.4) is 0 Å². The van der Waals surface area contributed by atoms with E-state index in [0.717, 1.165) is 50.0 Å². The standard InChI is InChI=1S/C13H17ClN4S2/c14-9-11-10-20-12(16-11)1-3-17-4-6-18(7-5-17)13-15-2-8-19-13/h2,8,10H,1,3-7,9H2. The largest absolute Gasteiger partial charge is 0.346 e. The van der Waals surface area contributed by atoms with E-state index in [9.17, 15) is 0 Å². The first-order chi connectivity index (χ1) is 9.85. The molecule has 3 heterocycles. The van der Waals surface area contributed by atoms with Crippen LogP contribution in [0, 0.1) is 0 Å². The van der Waals surface area contributed by atoms with Crippen molar-refractivity contribution in [2.75, 3.05) is 37.6 Å². The lowest BCUT2D eigenvalue weighted by Gasteiger charge is -2.34. The van der Waals surface area contributed by atoms with Crippen LogP contribution in [0.5, 0.6) is 0 Å². The fourth-order valence-electron chi connectivity index (χ4n) is 2.31. The number of hydrogen-bond acceptors (Lipinski definition) is 6. The third-order valence-electron chi connectivity index (χ3n) is 3.44. The first-order valence-electron chi connectivity index (χ1n) is 6.71. The van der Waals surface area contributed by atoms with E-state index >= 15 is 0 Å². The van der Waals surface area contributed by atoms with Crippen LogP contribution < -0.4 is 4.90 Å². The predicted molar refractivity (Wildman–Crippen MR) is 86.1 cm³/mol. The van der Waals surface area contributed by atoms with Gasteiger partial charge in [-0.05, 0) is 0 Å². The molecule has 0 N–H and O–H groups in total. The van der Waals surface area contributed by atoms with Crippen molar-refractivity contribution in [2.45, 2.75) is 12.3 Å². The van der Waals surface area contributed by atoms with Gasteiger partial charge in [-0.3, -0.25) is 4.90 Å². The van der Waals surface area contributed by atoms with Gasteiger partial charge in [0, 0.05) is 56.1 Å². The molecule has 0 radical (unpaired) electrons. The van der Waals surface area contributed by atoms with Gasteiger partial charge in [-0.25, -0.2) is 9.97 Å². The highest BCUT2D eigenvalue weighted by Gasteiger charge is 2.18. The molecule has 0 aromatic carbocycles.